The summed E-state index contributed by atoms with van der Waals surface area (Å²) >= 11 is 0. The fourth-order valence-electron chi connectivity index (χ4n) is 5.05. The first-order chi connectivity index (χ1) is 15.8. The maximum absolute atomic E-state index is 13.9. The molecule has 0 N–H and O–H groups in total. The minimum atomic E-state index is -1.17. The Kier molecular flexibility index (Phi) is 6.61. The molecule has 1 aromatic heterocycles. The van der Waals surface area contributed by atoms with Gasteiger partial charge in [-0.15, -0.1) is 0 Å². The van der Waals surface area contributed by atoms with Crippen molar-refractivity contribution in [3.05, 3.63) is 65.5 Å². The molecule has 3 amide bonds. The van der Waals surface area contributed by atoms with Gasteiger partial charge < -0.3 is 4.90 Å². The van der Waals surface area contributed by atoms with Crippen LogP contribution in [0.5, 0.6) is 0 Å². The molecule has 33 heavy (non-hydrogen) atoms. The third kappa shape index (κ3) is 4.55. The predicted molar refractivity (Wildman–Crippen MR) is 125 cm³/mol. The van der Waals surface area contributed by atoms with E-state index in [2.05, 4.69) is 23.7 Å². The Morgan fingerprint density at radius 3 is 2.42 bits per heavy atom. The van der Waals surface area contributed by atoms with Crippen LogP contribution in [0.3, 0.4) is 0 Å². The molecule has 2 fully saturated rings. The third-order valence-electron chi connectivity index (χ3n) is 6.98. The number of amides is 3. The Labute approximate surface area is 195 Å². The quantitative estimate of drug-likeness (QED) is 0.635. The molecule has 0 radical (unpaired) electrons. The minimum Gasteiger partial charge on any atom is -0.340 e. The summed E-state index contributed by atoms with van der Waals surface area (Å²) in [6.07, 6.45) is 3.34. The lowest BCUT2D eigenvalue weighted by molar-refractivity contribution is -0.143. The Hall–Kier alpha value is -3.06. The summed E-state index contributed by atoms with van der Waals surface area (Å²) in [5.41, 5.74) is 1.30. The molecular formula is C26H32N4O3. The fraction of sp³-hybridized carbons (Fsp3) is 0.462. The zero-order valence-electron chi connectivity index (χ0n) is 19.7. The highest BCUT2D eigenvalue weighted by molar-refractivity contribution is 6.10. The molecule has 1 aromatic carbocycles. The summed E-state index contributed by atoms with van der Waals surface area (Å²) in [6, 6.07) is 11.7. The SMILES string of the molecule is Cc1ccccc1[C@]1(CC(=O)N2CCN(C(C)C)CC2)CC(=O)N(Cc2cccnc2)C1=O. The number of aromatic nitrogens is 1. The number of pyridine rings is 1. The first-order valence-corrected chi connectivity index (χ1v) is 11.6. The van der Waals surface area contributed by atoms with Crippen molar-refractivity contribution in [2.75, 3.05) is 26.2 Å². The number of piperazine rings is 1. The Morgan fingerprint density at radius 2 is 1.79 bits per heavy atom. The second kappa shape index (κ2) is 9.43. The Balaban J connectivity index is 1.62. The van der Waals surface area contributed by atoms with Crippen molar-refractivity contribution < 1.29 is 14.4 Å². The molecule has 7 heteroatoms. The summed E-state index contributed by atoms with van der Waals surface area (Å²) in [5, 5.41) is 0. The standard InChI is InChI=1S/C26H32N4O3/c1-19(2)28-11-13-29(14-12-28)23(31)15-26(22-9-5-4-7-20(22)3)16-24(32)30(25(26)33)18-21-8-6-10-27-17-21/h4-10,17,19H,11-16,18H2,1-3H3/t26-/m0/s1. The molecule has 0 unspecified atom stereocenters. The van der Waals surface area contributed by atoms with E-state index in [9.17, 15) is 14.4 Å². The maximum Gasteiger partial charge on any atom is 0.241 e. The molecule has 4 rings (SSSR count). The topological polar surface area (TPSA) is 73.8 Å². The fourth-order valence-corrected chi connectivity index (χ4v) is 5.05. The second-order valence-corrected chi connectivity index (χ2v) is 9.41. The van der Waals surface area contributed by atoms with Gasteiger partial charge in [0.15, 0.2) is 0 Å². The molecule has 7 nitrogen and oxygen atoms in total. The molecular weight excluding hydrogens is 416 g/mol. The van der Waals surface area contributed by atoms with Crippen LogP contribution in [0.4, 0.5) is 0 Å². The van der Waals surface area contributed by atoms with E-state index in [-0.39, 0.29) is 37.1 Å². The van der Waals surface area contributed by atoms with Gasteiger partial charge in [-0.1, -0.05) is 30.3 Å². The van der Waals surface area contributed by atoms with Gasteiger partial charge in [-0.25, -0.2) is 0 Å². The summed E-state index contributed by atoms with van der Waals surface area (Å²) < 4.78 is 0. The lowest BCUT2D eigenvalue weighted by Gasteiger charge is -2.38. The number of aryl methyl sites for hydroxylation is 1. The van der Waals surface area contributed by atoms with Crippen molar-refractivity contribution in [1.82, 2.24) is 19.7 Å². The van der Waals surface area contributed by atoms with Crippen LogP contribution >= 0.6 is 0 Å². The summed E-state index contributed by atoms with van der Waals surface area (Å²) in [4.78, 5) is 50.0. The zero-order valence-corrected chi connectivity index (χ0v) is 19.7. The maximum atomic E-state index is 13.9. The van der Waals surface area contributed by atoms with Crippen molar-refractivity contribution in [3.8, 4) is 0 Å². The highest BCUT2D eigenvalue weighted by Crippen LogP contribution is 2.42. The van der Waals surface area contributed by atoms with E-state index in [4.69, 9.17) is 0 Å². The van der Waals surface area contributed by atoms with Crippen molar-refractivity contribution in [2.45, 2.75) is 51.6 Å². The van der Waals surface area contributed by atoms with E-state index < -0.39 is 5.41 Å². The number of hydrogen-bond donors (Lipinski definition) is 0. The number of carbonyl (C=O) groups is 3. The normalized spacial score (nSPS) is 21.8. The van der Waals surface area contributed by atoms with E-state index in [0.29, 0.717) is 19.1 Å². The van der Waals surface area contributed by atoms with Crippen LogP contribution in [-0.4, -0.2) is 69.6 Å². The molecule has 2 saturated heterocycles. The summed E-state index contributed by atoms with van der Waals surface area (Å²) in [7, 11) is 0. The van der Waals surface area contributed by atoms with Crippen LogP contribution in [-0.2, 0) is 26.3 Å². The van der Waals surface area contributed by atoms with E-state index in [1.54, 1.807) is 18.5 Å². The van der Waals surface area contributed by atoms with Gasteiger partial charge in [0, 0.05) is 57.5 Å². The molecule has 0 saturated carbocycles. The number of likely N-dealkylation sites (tertiary alicyclic amines) is 1. The monoisotopic (exact) mass is 448 g/mol. The smallest absolute Gasteiger partial charge is 0.241 e. The third-order valence-corrected chi connectivity index (χ3v) is 6.98. The van der Waals surface area contributed by atoms with Gasteiger partial charge in [0.2, 0.25) is 17.7 Å². The number of carbonyl (C=O) groups excluding carboxylic acids is 3. The zero-order chi connectivity index (χ0) is 23.6. The highest BCUT2D eigenvalue weighted by atomic mass is 16.2. The Bertz CT molecular complexity index is 1030. The lowest BCUT2D eigenvalue weighted by atomic mass is 9.74. The largest absolute Gasteiger partial charge is 0.340 e. The van der Waals surface area contributed by atoms with Gasteiger partial charge in [-0.05, 0) is 43.5 Å². The molecule has 2 aromatic rings. The summed E-state index contributed by atoms with van der Waals surface area (Å²) in [6.45, 7) is 9.34. The first-order valence-electron chi connectivity index (χ1n) is 11.6. The predicted octanol–water partition coefficient (Wildman–Crippen LogP) is 2.53. The second-order valence-electron chi connectivity index (χ2n) is 9.41. The van der Waals surface area contributed by atoms with Crippen molar-refractivity contribution in [1.29, 1.82) is 0 Å². The molecule has 174 valence electrons. The van der Waals surface area contributed by atoms with E-state index in [1.807, 2.05) is 42.2 Å². The van der Waals surface area contributed by atoms with Crippen molar-refractivity contribution in [2.24, 2.45) is 0 Å². The molecule has 0 spiro atoms. The molecule has 2 aliphatic heterocycles. The van der Waals surface area contributed by atoms with Crippen LogP contribution < -0.4 is 0 Å². The average Bonchev–Trinajstić information content (AvgIpc) is 3.04. The van der Waals surface area contributed by atoms with Gasteiger partial charge >= 0.3 is 0 Å². The molecule has 1 atom stereocenters. The van der Waals surface area contributed by atoms with E-state index in [1.165, 1.54) is 4.90 Å². The molecule has 2 aliphatic rings. The van der Waals surface area contributed by atoms with Gasteiger partial charge in [0.05, 0.1) is 12.0 Å². The van der Waals surface area contributed by atoms with Gasteiger partial charge in [-0.2, -0.15) is 0 Å². The molecule has 0 aliphatic carbocycles. The van der Waals surface area contributed by atoms with Gasteiger partial charge in [0.25, 0.3) is 0 Å². The van der Waals surface area contributed by atoms with Crippen LogP contribution in [0.1, 0.15) is 43.4 Å². The summed E-state index contributed by atoms with van der Waals surface area (Å²) in [5.74, 6) is -0.601. The van der Waals surface area contributed by atoms with Crippen LogP contribution in [0.15, 0.2) is 48.8 Å². The molecule has 0 bridgehead atoms. The van der Waals surface area contributed by atoms with Crippen LogP contribution in [0.2, 0.25) is 0 Å². The molecule has 3 heterocycles. The highest BCUT2D eigenvalue weighted by Gasteiger charge is 2.54. The first kappa shape index (κ1) is 23.1. The number of benzene rings is 1. The van der Waals surface area contributed by atoms with Crippen molar-refractivity contribution in [3.63, 3.8) is 0 Å². The number of imide groups is 1. The van der Waals surface area contributed by atoms with Crippen LogP contribution in [0.25, 0.3) is 0 Å². The van der Waals surface area contributed by atoms with E-state index >= 15 is 0 Å². The van der Waals surface area contributed by atoms with Gasteiger partial charge in [-0.3, -0.25) is 29.2 Å². The number of hydrogen-bond acceptors (Lipinski definition) is 5. The minimum absolute atomic E-state index is 0.00758. The number of rotatable bonds is 6. The average molecular weight is 449 g/mol. The van der Waals surface area contributed by atoms with Gasteiger partial charge in [0.1, 0.15) is 0 Å². The Morgan fingerprint density at radius 1 is 1.06 bits per heavy atom. The van der Waals surface area contributed by atoms with Crippen molar-refractivity contribution >= 4 is 17.7 Å². The number of nitrogens with zero attached hydrogens (tertiary/aromatic N) is 4. The van der Waals surface area contributed by atoms with Crippen LogP contribution in [0, 0.1) is 6.92 Å². The van der Waals surface area contributed by atoms with E-state index in [0.717, 1.165) is 29.8 Å². The lowest BCUT2D eigenvalue weighted by Crippen LogP contribution is -2.52.